The van der Waals surface area contributed by atoms with Crippen molar-refractivity contribution in [1.82, 2.24) is 4.98 Å². The first-order chi connectivity index (χ1) is 11.5. The highest BCUT2D eigenvalue weighted by Crippen LogP contribution is 2.34. The number of aryl methyl sites for hydroxylation is 1. The monoisotopic (exact) mass is 331 g/mol. The fourth-order valence-electron chi connectivity index (χ4n) is 3.20. The number of nitrogens with one attached hydrogen (secondary N) is 1. The fourth-order valence-corrected chi connectivity index (χ4v) is 3.20. The van der Waals surface area contributed by atoms with Gasteiger partial charge in [0.25, 0.3) is 5.69 Å². The Morgan fingerprint density at radius 2 is 2.29 bits per heavy atom. The number of aliphatic hydroxyl groups excluding tert-OH is 1. The predicted molar refractivity (Wildman–Crippen MR) is 91.2 cm³/mol. The summed E-state index contributed by atoms with van der Waals surface area (Å²) in [5.41, 5.74) is 2.34. The van der Waals surface area contributed by atoms with Gasteiger partial charge in [-0.1, -0.05) is 0 Å². The van der Waals surface area contributed by atoms with E-state index in [2.05, 4.69) is 10.3 Å². The van der Waals surface area contributed by atoms with Crippen LogP contribution >= 0.6 is 0 Å². The minimum Gasteiger partial charge on any atom is -0.396 e. The van der Waals surface area contributed by atoms with E-state index in [-0.39, 0.29) is 17.7 Å². The number of nitro groups is 1. The first-order valence-electron chi connectivity index (χ1n) is 8.01. The van der Waals surface area contributed by atoms with Crippen LogP contribution in [0.1, 0.15) is 18.5 Å². The van der Waals surface area contributed by atoms with Crippen molar-refractivity contribution >= 4 is 22.3 Å². The topological polar surface area (TPSA) is 97.5 Å². The smallest absolute Gasteiger partial charge is 0.270 e. The molecule has 0 aliphatic carbocycles. The fraction of sp³-hybridized carbons (Fsp3) is 0.471. The Labute approximate surface area is 139 Å². The average molecular weight is 331 g/mol. The third kappa shape index (κ3) is 3.32. The number of nitro benzene ring substituents is 1. The number of anilines is 1. The molecule has 3 rings (SSSR count). The zero-order valence-electron chi connectivity index (χ0n) is 13.6. The maximum Gasteiger partial charge on any atom is 0.270 e. The Balaban J connectivity index is 1.92. The van der Waals surface area contributed by atoms with Gasteiger partial charge in [0, 0.05) is 54.1 Å². The van der Waals surface area contributed by atoms with Gasteiger partial charge in [-0.25, -0.2) is 0 Å². The van der Waals surface area contributed by atoms with E-state index >= 15 is 0 Å². The van der Waals surface area contributed by atoms with Crippen LogP contribution in [0.5, 0.6) is 0 Å². The van der Waals surface area contributed by atoms with Crippen molar-refractivity contribution in [2.24, 2.45) is 5.41 Å². The summed E-state index contributed by atoms with van der Waals surface area (Å²) in [5.74, 6) is 0. The van der Waals surface area contributed by atoms with E-state index < -0.39 is 4.92 Å². The molecule has 128 valence electrons. The van der Waals surface area contributed by atoms with Gasteiger partial charge < -0.3 is 15.2 Å². The number of hydrogen-bond acceptors (Lipinski definition) is 6. The van der Waals surface area contributed by atoms with Gasteiger partial charge in [-0.15, -0.1) is 0 Å². The molecule has 2 N–H and O–H groups in total. The molecule has 1 aliphatic heterocycles. The maximum atomic E-state index is 11.0. The van der Waals surface area contributed by atoms with E-state index in [1.54, 1.807) is 12.1 Å². The third-order valence-corrected chi connectivity index (χ3v) is 4.61. The lowest BCUT2D eigenvalue weighted by Crippen LogP contribution is -2.31. The molecule has 0 unspecified atom stereocenters. The summed E-state index contributed by atoms with van der Waals surface area (Å²) in [6.45, 7) is 3.97. The molecule has 0 spiro atoms. The summed E-state index contributed by atoms with van der Waals surface area (Å²) in [4.78, 5) is 15.1. The molecule has 1 fully saturated rings. The Morgan fingerprint density at radius 3 is 2.96 bits per heavy atom. The number of aromatic nitrogens is 1. The highest BCUT2D eigenvalue weighted by Gasteiger charge is 2.34. The number of non-ortho nitro benzene ring substituents is 1. The molecule has 24 heavy (non-hydrogen) atoms. The van der Waals surface area contributed by atoms with Gasteiger partial charge in [-0.3, -0.25) is 15.1 Å². The molecule has 1 aromatic carbocycles. The van der Waals surface area contributed by atoms with E-state index in [1.165, 1.54) is 6.07 Å². The SMILES string of the molecule is Cc1cc(NC[C@]2(CCO)CCOC2)c2cc([N+](=O)[O-])ccc2n1. The van der Waals surface area contributed by atoms with Gasteiger partial charge in [0.1, 0.15) is 0 Å². The molecule has 1 saturated heterocycles. The largest absolute Gasteiger partial charge is 0.396 e. The van der Waals surface area contributed by atoms with Crippen LogP contribution in [0.4, 0.5) is 11.4 Å². The first-order valence-corrected chi connectivity index (χ1v) is 8.01. The molecule has 1 atom stereocenters. The van der Waals surface area contributed by atoms with Crippen molar-refractivity contribution in [2.45, 2.75) is 19.8 Å². The van der Waals surface area contributed by atoms with Gasteiger partial charge in [0.15, 0.2) is 0 Å². The number of ether oxygens (including phenoxy) is 1. The zero-order valence-corrected chi connectivity index (χ0v) is 13.6. The highest BCUT2D eigenvalue weighted by molar-refractivity contribution is 5.93. The first kappa shape index (κ1) is 16.6. The second kappa shape index (κ2) is 6.70. The van der Waals surface area contributed by atoms with Crippen LogP contribution in [-0.4, -0.2) is 41.4 Å². The lowest BCUT2D eigenvalue weighted by atomic mass is 9.84. The number of rotatable bonds is 6. The van der Waals surface area contributed by atoms with Crippen LogP contribution in [0, 0.1) is 22.5 Å². The molecular formula is C17H21N3O4. The molecule has 2 aromatic rings. The van der Waals surface area contributed by atoms with E-state index in [0.29, 0.717) is 26.2 Å². The molecule has 0 amide bonds. The summed E-state index contributed by atoms with van der Waals surface area (Å²) in [6, 6.07) is 6.59. The molecule has 0 saturated carbocycles. The van der Waals surface area contributed by atoms with Crippen molar-refractivity contribution in [3.63, 3.8) is 0 Å². The highest BCUT2D eigenvalue weighted by atomic mass is 16.6. The minimum atomic E-state index is -0.402. The van der Waals surface area contributed by atoms with Gasteiger partial charge in [-0.2, -0.15) is 0 Å². The van der Waals surface area contributed by atoms with Crippen LogP contribution in [-0.2, 0) is 4.74 Å². The lowest BCUT2D eigenvalue weighted by Gasteiger charge is -2.27. The van der Waals surface area contributed by atoms with Crippen LogP contribution in [0.3, 0.4) is 0 Å². The normalized spacial score (nSPS) is 20.4. The Bertz CT molecular complexity index is 757. The molecular weight excluding hydrogens is 310 g/mol. The van der Waals surface area contributed by atoms with Gasteiger partial charge in [0.05, 0.1) is 17.0 Å². The summed E-state index contributed by atoms with van der Waals surface area (Å²) in [5, 5.41) is 24.5. The summed E-state index contributed by atoms with van der Waals surface area (Å²) in [7, 11) is 0. The third-order valence-electron chi connectivity index (χ3n) is 4.61. The summed E-state index contributed by atoms with van der Waals surface area (Å²) >= 11 is 0. The van der Waals surface area contributed by atoms with Crippen LogP contribution < -0.4 is 5.32 Å². The van der Waals surface area contributed by atoms with Crippen molar-refractivity contribution < 1.29 is 14.8 Å². The van der Waals surface area contributed by atoms with E-state index in [9.17, 15) is 15.2 Å². The van der Waals surface area contributed by atoms with E-state index in [1.807, 2.05) is 13.0 Å². The van der Waals surface area contributed by atoms with Crippen molar-refractivity contribution in [3.05, 3.63) is 40.1 Å². The molecule has 0 radical (unpaired) electrons. The average Bonchev–Trinajstić information content (AvgIpc) is 3.01. The van der Waals surface area contributed by atoms with Crippen molar-refractivity contribution in [1.29, 1.82) is 0 Å². The van der Waals surface area contributed by atoms with Crippen LogP contribution in [0.15, 0.2) is 24.3 Å². The Morgan fingerprint density at radius 1 is 1.46 bits per heavy atom. The van der Waals surface area contributed by atoms with E-state index in [0.717, 1.165) is 28.7 Å². The Kier molecular flexibility index (Phi) is 4.64. The van der Waals surface area contributed by atoms with Gasteiger partial charge >= 0.3 is 0 Å². The van der Waals surface area contributed by atoms with Crippen LogP contribution in [0.25, 0.3) is 10.9 Å². The second-order valence-corrected chi connectivity index (χ2v) is 6.40. The number of aliphatic hydroxyl groups is 1. The number of hydrogen-bond donors (Lipinski definition) is 2. The minimum absolute atomic E-state index is 0.0467. The molecule has 7 nitrogen and oxygen atoms in total. The molecule has 0 bridgehead atoms. The number of fused-ring (bicyclic) bond motifs is 1. The molecule has 7 heteroatoms. The number of pyridine rings is 1. The number of benzene rings is 1. The summed E-state index contributed by atoms with van der Waals surface area (Å²) in [6.07, 6.45) is 1.56. The predicted octanol–water partition coefficient (Wildman–Crippen LogP) is 2.65. The summed E-state index contributed by atoms with van der Waals surface area (Å²) < 4.78 is 5.51. The molecule has 1 aromatic heterocycles. The Hall–Kier alpha value is -2.25. The quantitative estimate of drug-likeness (QED) is 0.624. The number of nitrogens with zero attached hydrogens (tertiary/aromatic N) is 2. The van der Waals surface area contributed by atoms with Gasteiger partial charge in [0.2, 0.25) is 0 Å². The lowest BCUT2D eigenvalue weighted by molar-refractivity contribution is -0.384. The second-order valence-electron chi connectivity index (χ2n) is 6.40. The van der Waals surface area contributed by atoms with Crippen LogP contribution in [0.2, 0.25) is 0 Å². The van der Waals surface area contributed by atoms with Gasteiger partial charge in [-0.05, 0) is 31.9 Å². The molecule has 2 heterocycles. The standard InChI is InChI=1S/C17H21N3O4/c1-12-8-16(18-10-17(4-6-21)5-7-24-11-17)14-9-13(20(22)23)2-3-15(14)19-12/h2-3,8-9,21H,4-7,10-11H2,1H3,(H,18,19)/t17-/m0/s1. The molecule has 1 aliphatic rings. The van der Waals surface area contributed by atoms with Crippen molar-refractivity contribution in [2.75, 3.05) is 31.7 Å². The zero-order chi connectivity index (χ0) is 17.2. The van der Waals surface area contributed by atoms with Crippen molar-refractivity contribution in [3.8, 4) is 0 Å². The maximum absolute atomic E-state index is 11.0. The van der Waals surface area contributed by atoms with E-state index in [4.69, 9.17) is 4.74 Å².